The molecular formula is C16H21FN4O2. The van der Waals surface area contributed by atoms with E-state index >= 15 is 0 Å². The third-order valence-corrected chi connectivity index (χ3v) is 3.43. The molecule has 0 unspecified atom stereocenters. The number of carbonyl (C=O) groups excluding carboxylic acids is 1. The van der Waals surface area contributed by atoms with Crippen molar-refractivity contribution in [3.8, 4) is 5.69 Å². The molecule has 23 heavy (non-hydrogen) atoms. The van der Waals surface area contributed by atoms with Crippen LogP contribution in [-0.4, -0.2) is 50.4 Å². The zero-order chi connectivity index (χ0) is 17.0. The Bertz CT molecular complexity index is 684. The molecule has 1 amide bonds. The summed E-state index contributed by atoms with van der Waals surface area (Å²) in [5, 5.41) is 13.3. The van der Waals surface area contributed by atoms with E-state index in [2.05, 4.69) is 10.1 Å². The Kier molecular flexibility index (Phi) is 5.44. The van der Waals surface area contributed by atoms with Gasteiger partial charge in [-0.25, -0.2) is 14.1 Å². The molecule has 0 aliphatic carbocycles. The third kappa shape index (κ3) is 3.73. The molecule has 1 N–H and O–H groups in total. The summed E-state index contributed by atoms with van der Waals surface area (Å²) in [5.41, 5.74) is 0.519. The second kappa shape index (κ2) is 7.32. The van der Waals surface area contributed by atoms with Crippen LogP contribution in [0.1, 0.15) is 43.1 Å². The average Bonchev–Trinajstić information content (AvgIpc) is 2.97. The van der Waals surface area contributed by atoms with Gasteiger partial charge in [0.15, 0.2) is 0 Å². The largest absolute Gasteiger partial charge is 0.395 e. The van der Waals surface area contributed by atoms with Crippen LogP contribution < -0.4 is 0 Å². The molecule has 0 aliphatic rings. The summed E-state index contributed by atoms with van der Waals surface area (Å²) in [6.07, 6.45) is 0. The van der Waals surface area contributed by atoms with Crippen LogP contribution in [-0.2, 0) is 0 Å². The predicted molar refractivity (Wildman–Crippen MR) is 84.1 cm³/mol. The van der Waals surface area contributed by atoms with Crippen LogP contribution in [0.25, 0.3) is 5.69 Å². The van der Waals surface area contributed by atoms with Crippen LogP contribution in [0, 0.1) is 5.82 Å². The highest BCUT2D eigenvalue weighted by Gasteiger charge is 2.23. The molecule has 1 heterocycles. The fraction of sp³-hybridized carbons (Fsp3) is 0.438. The van der Waals surface area contributed by atoms with E-state index < -0.39 is 0 Å². The Morgan fingerprint density at radius 2 is 2.17 bits per heavy atom. The minimum absolute atomic E-state index is 0.0141. The minimum atomic E-state index is -0.379. The summed E-state index contributed by atoms with van der Waals surface area (Å²) in [7, 11) is 0. The number of aromatic nitrogens is 3. The van der Waals surface area contributed by atoms with Gasteiger partial charge in [0.25, 0.3) is 5.91 Å². The van der Waals surface area contributed by atoms with Crippen molar-refractivity contribution in [2.75, 3.05) is 19.7 Å². The van der Waals surface area contributed by atoms with Crippen LogP contribution >= 0.6 is 0 Å². The van der Waals surface area contributed by atoms with Gasteiger partial charge in [-0.2, -0.15) is 0 Å². The number of halogens is 1. The van der Waals surface area contributed by atoms with Gasteiger partial charge < -0.3 is 10.0 Å². The number of likely N-dealkylation sites (N-methyl/N-ethyl adjacent to an activating group) is 1. The number of amides is 1. The summed E-state index contributed by atoms with van der Waals surface area (Å²) in [6.45, 7) is 6.23. The molecule has 0 saturated heterocycles. The first kappa shape index (κ1) is 17.1. The van der Waals surface area contributed by atoms with E-state index in [0.717, 1.165) is 0 Å². The molecule has 0 atom stereocenters. The molecule has 0 radical (unpaired) electrons. The molecular weight excluding hydrogens is 299 g/mol. The van der Waals surface area contributed by atoms with Gasteiger partial charge in [0.1, 0.15) is 11.6 Å². The molecule has 0 bridgehead atoms. The van der Waals surface area contributed by atoms with Gasteiger partial charge in [0, 0.05) is 19.0 Å². The number of hydrogen-bond donors (Lipinski definition) is 1. The lowest BCUT2D eigenvalue weighted by Crippen LogP contribution is -2.34. The van der Waals surface area contributed by atoms with Crippen molar-refractivity contribution in [3.05, 3.63) is 41.7 Å². The molecule has 124 valence electrons. The maximum Gasteiger partial charge on any atom is 0.293 e. The topological polar surface area (TPSA) is 71.2 Å². The lowest BCUT2D eigenvalue weighted by molar-refractivity contribution is 0.0720. The highest BCUT2D eigenvalue weighted by atomic mass is 19.1. The Hall–Kier alpha value is -2.28. The number of aliphatic hydroxyl groups is 1. The maximum absolute atomic E-state index is 13.5. The fourth-order valence-corrected chi connectivity index (χ4v) is 2.25. The van der Waals surface area contributed by atoms with E-state index in [4.69, 9.17) is 5.11 Å². The van der Waals surface area contributed by atoms with Crippen LogP contribution in [0.5, 0.6) is 0 Å². The van der Waals surface area contributed by atoms with Crippen molar-refractivity contribution in [1.82, 2.24) is 19.7 Å². The molecule has 0 spiro atoms. The lowest BCUT2D eigenvalue weighted by atomic mass is 10.2. The van der Waals surface area contributed by atoms with E-state index in [1.54, 1.807) is 12.1 Å². The number of hydrogen-bond acceptors (Lipinski definition) is 4. The maximum atomic E-state index is 13.5. The fourth-order valence-electron chi connectivity index (χ4n) is 2.25. The highest BCUT2D eigenvalue weighted by molar-refractivity contribution is 5.90. The van der Waals surface area contributed by atoms with Crippen molar-refractivity contribution in [2.45, 2.75) is 26.7 Å². The molecule has 7 heteroatoms. The molecule has 2 aromatic rings. The summed E-state index contributed by atoms with van der Waals surface area (Å²) in [6, 6.07) is 5.99. The molecule has 0 aliphatic heterocycles. The minimum Gasteiger partial charge on any atom is -0.395 e. The Labute approximate surface area is 134 Å². The van der Waals surface area contributed by atoms with Crippen molar-refractivity contribution in [3.63, 3.8) is 0 Å². The molecule has 0 fully saturated rings. The first-order valence-electron chi connectivity index (χ1n) is 7.61. The Morgan fingerprint density at radius 3 is 2.74 bits per heavy atom. The van der Waals surface area contributed by atoms with Gasteiger partial charge in [-0.15, -0.1) is 5.10 Å². The quantitative estimate of drug-likeness (QED) is 0.883. The van der Waals surface area contributed by atoms with Crippen LogP contribution in [0.2, 0.25) is 0 Å². The molecule has 1 aromatic heterocycles. The van der Waals surface area contributed by atoms with Crippen molar-refractivity contribution >= 4 is 5.91 Å². The van der Waals surface area contributed by atoms with Crippen LogP contribution in [0.15, 0.2) is 24.3 Å². The summed E-state index contributed by atoms with van der Waals surface area (Å²) >= 11 is 0. The van der Waals surface area contributed by atoms with Gasteiger partial charge >= 0.3 is 0 Å². The molecule has 6 nitrogen and oxygen atoms in total. The van der Waals surface area contributed by atoms with Crippen LogP contribution in [0.4, 0.5) is 4.39 Å². The monoisotopic (exact) mass is 320 g/mol. The number of benzene rings is 1. The third-order valence-electron chi connectivity index (χ3n) is 3.43. The predicted octanol–water partition coefficient (Wildman–Crippen LogP) is 1.98. The zero-order valence-corrected chi connectivity index (χ0v) is 13.5. The molecule has 0 saturated carbocycles. The van der Waals surface area contributed by atoms with Gasteiger partial charge in [0.05, 0.1) is 12.3 Å². The number of nitrogens with zero attached hydrogens (tertiary/aromatic N) is 4. The second-order valence-electron chi connectivity index (χ2n) is 5.45. The Morgan fingerprint density at radius 1 is 1.43 bits per heavy atom. The summed E-state index contributed by atoms with van der Waals surface area (Å²) < 4.78 is 15.0. The molecule has 1 aromatic carbocycles. The second-order valence-corrected chi connectivity index (χ2v) is 5.45. The van der Waals surface area contributed by atoms with E-state index in [-0.39, 0.29) is 36.6 Å². The van der Waals surface area contributed by atoms with E-state index in [1.807, 2.05) is 20.8 Å². The first-order chi connectivity index (χ1) is 11.0. The van der Waals surface area contributed by atoms with E-state index in [9.17, 15) is 9.18 Å². The normalized spacial score (nSPS) is 11.0. The molecule has 2 rings (SSSR count). The number of aliphatic hydroxyl groups excluding tert-OH is 1. The van der Waals surface area contributed by atoms with Crippen molar-refractivity contribution < 1.29 is 14.3 Å². The highest BCUT2D eigenvalue weighted by Crippen LogP contribution is 2.18. The average molecular weight is 320 g/mol. The smallest absolute Gasteiger partial charge is 0.293 e. The van der Waals surface area contributed by atoms with Gasteiger partial charge in [0.2, 0.25) is 5.82 Å². The SMILES string of the molecule is CCN(CCO)C(=O)c1nc(C(C)C)n(-c2cccc(F)c2)n1. The van der Waals surface area contributed by atoms with Crippen molar-refractivity contribution in [1.29, 1.82) is 0 Å². The van der Waals surface area contributed by atoms with Gasteiger partial charge in [-0.3, -0.25) is 4.79 Å². The van der Waals surface area contributed by atoms with Crippen LogP contribution in [0.3, 0.4) is 0 Å². The van der Waals surface area contributed by atoms with Crippen molar-refractivity contribution in [2.24, 2.45) is 0 Å². The number of rotatable bonds is 6. The first-order valence-corrected chi connectivity index (χ1v) is 7.61. The van der Waals surface area contributed by atoms with E-state index in [0.29, 0.717) is 18.1 Å². The standard InChI is InChI=1S/C16H21FN4O2/c1-4-20(8-9-22)16(23)14-18-15(11(2)3)21(19-14)13-7-5-6-12(17)10-13/h5-7,10-11,22H,4,8-9H2,1-3H3. The number of carbonyl (C=O) groups is 1. The summed E-state index contributed by atoms with van der Waals surface area (Å²) in [4.78, 5) is 18.2. The lowest BCUT2D eigenvalue weighted by Gasteiger charge is -2.17. The zero-order valence-electron chi connectivity index (χ0n) is 13.5. The van der Waals surface area contributed by atoms with Gasteiger partial charge in [-0.05, 0) is 25.1 Å². The Balaban J connectivity index is 2.45. The van der Waals surface area contributed by atoms with Gasteiger partial charge in [-0.1, -0.05) is 19.9 Å². The summed E-state index contributed by atoms with van der Waals surface area (Å²) in [5.74, 6) is -0.0813. The van der Waals surface area contributed by atoms with E-state index in [1.165, 1.54) is 21.7 Å².